The number of nitrogens with zero attached hydrogens (tertiary/aromatic N) is 2. The molecule has 0 saturated heterocycles. The van der Waals surface area contributed by atoms with E-state index in [1.807, 2.05) is 30.3 Å². The van der Waals surface area contributed by atoms with E-state index in [1.165, 1.54) is 7.11 Å². The van der Waals surface area contributed by atoms with Crippen LogP contribution in [0.2, 0.25) is 0 Å². The van der Waals surface area contributed by atoms with Crippen molar-refractivity contribution in [3.63, 3.8) is 0 Å². The van der Waals surface area contributed by atoms with Gasteiger partial charge >= 0.3 is 0 Å². The molecule has 7 heteroatoms. The molecular formula is C21H25N3O4. The number of aromatic amines is 1. The molecule has 28 heavy (non-hydrogen) atoms. The van der Waals surface area contributed by atoms with Gasteiger partial charge < -0.3 is 19.2 Å². The summed E-state index contributed by atoms with van der Waals surface area (Å²) in [6.07, 6.45) is 0. The third-order valence-corrected chi connectivity index (χ3v) is 4.50. The number of methoxy groups -OCH3 is 2. The molecule has 3 rings (SSSR count). The van der Waals surface area contributed by atoms with Gasteiger partial charge in [0.1, 0.15) is 18.2 Å². The average Bonchev–Trinajstić information content (AvgIpc) is 2.72. The maximum Gasteiger partial charge on any atom is 0.258 e. The summed E-state index contributed by atoms with van der Waals surface area (Å²) in [5, 5.41) is 0.469. The van der Waals surface area contributed by atoms with Crippen molar-refractivity contribution in [2.24, 2.45) is 0 Å². The number of nitrogens with one attached hydrogen (secondary N) is 1. The average molecular weight is 383 g/mol. The highest BCUT2D eigenvalue weighted by atomic mass is 16.5. The number of likely N-dealkylation sites (N-methyl/N-ethyl adjacent to an activating group) is 1. The van der Waals surface area contributed by atoms with Crippen molar-refractivity contribution in [1.29, 1.82) is 0 Å². The topological polar surface area (TPSA) is 76.7 Å². The quantitative estimate of drug-likeness (QED) is 0.612. The normalized spacial score (nSPS) is 11.0. The lowest BCUT2D eigenvalue weighted by Gasteiger charge is -2.20. The second-order valence-electron chi connectivity index (χ2n) is 6.27. The number of ether oxygens (including phenoxy) is 3. The van der Waals surface area contributed by atoms with Crippen LogP contribution in [-0.4, -0.2) is 48.8 Å². The monoisotopic (exact) mass is 383 g/mol. The smallest absolute Gasteiger partial charge is 0.258 e. The Balaban J connectivity index is 1.73. The molecule has 0 fully saturated rings. The van der Waals surface area contributed by atoms with E-state index in [9.17, 15) is 4.79 Å². The first-order valence-corrected chi connectivity index (χ1v) is 9.19. The van der Waals surface area contributed by atoms with Crippen molar-refractivity contribution in [2.75, 3.05) is 33.9 Å². The van der Waals surface area contributed by atoms with Gasteiger partial charge in [0.05, 0.1) is 31.7 Å². The predicted octanol–water partition coefficient (Wildman–Crippen LogP) is 2.84. The third kappa shape index (κ3) is 4.61. The van der Waals surface area contributed by atoms with E-state index in [-0.39, 0.29) is 5.56 Å². The standard InChI is InChI=1S/C21H25N3O4/c1-4-24(10-11-28-15-8-6-5-7-9-15)14-20-22-17-13-19(27-3)18(26-2)12-16(17)21(25)23-20/h5-9,12-13H,4,10-11,14H2,1-3H3,(H,22,23,25). The van der Waals surface area contributed by atoms with Crippen LogP contribution in [0.25, 0.3) is 10.9 Å². The molecule has 1 heterocycles. The second kappa shape index (κ2) is 9.23. The fourth-order valence-electron chi connectivity index (χ4n) is 2.96. The van der Waals surface area contributed by atoms with Gasteiger partial charge in [-0.1, -0.05) is 25.1 Å². The molecule has 0 atom stereocenters. The molecule has 0 aliphatic carbocycles. The highest BCUT2D eigenvalue weighted by Crippen LogP contribution is 2.29. The molecule has 0 radical (unpaired) electrons. The maximum absolute atomic E-state index is 12.5. The van der Waals surface area contributed by atoms with Crippen molar-refractivity contribution in [3.8, 4) is 17.2 Å². The van der Waals surface area contributed by atoms with E-state index in [2.05, 4.69) is 21.8 Å². The number of hydrogen-bond donors (Lipinski definition) is 1. The van der Waals surface area contributed by atoms with Crippen molar-refractivity contribution in [2.45, 2.75) is 13.5 Å². The first kappa shape index (κ1) is 19.7. The van der Waals surface area contributed by atoms with Crippen LogP contribution in [0.3, 0.4) is 0 Å². The molecule has 148 valence electrons. The zero-order chi connectivity index (χ0) is 19.9. The molecular weight excluding hydrogens is 358 g/mol. The van der Waals surface area contributed by atoms with Gasteiger partial charge in [-0.25, -0.2) is 4.98 Å². The first-order valence-electron chi connectivity index (χ1n) is 9.19. The van der Waals surface area contributed by atoms with E-state index in [0.29, 0.717) is 41.4 Å². The van der Waals surface area contributed by atoms with E-state index in [4.69, 9.17) is 14.2 Å². The van der Waals surface area contributed by atoms with Crippen molar-refractivity contribution >= 4 is 10.9 Å². The van der Waals surface area contributed by atoms with Gasteiger partial charge in [-0.2, -0.15) is 0 Å². The molecule has 0 aliphatic rings. The second-order valence-corrected chi connectivity index (χ2v) is 6.27. The Kier molecular flexibility index (Phi) is 6.49. The summed E-state index contributed by atoms with van der Waals surface area (Å²) in [6, 6.07) is 13.1. The molecule has 0 aliphatic heterocycles. The lowest BCUT2D eigenvalue weighted by molar-refractivity contribution is 0.206. The Labute approximate surface area is 163 Å². The summed E-state index contributed by atoms with van der Waals surface area (Å²) in [6.45, 7) is 4.68. The molecule has 1 N–H and O–H groups in total. The van der Waals surface area contributed by atoms with E-state index >= 15 is 0 Å². The molecule has 7 nitrogen and oxygen atoms in total. The highest BCUT2D eigenvalue weighted by Gasteiger charge is 2.12. The number of fused-ring (bicyclic) bond motifs is 1. The van der Waals surface area contributed by atoms with Gasteiger partial charge in [0.25, 0.3) is 5.56 Å². The number of aromatic nitrogens is 2. The minimum absolute atomic E-state index is 0.197. The first-order chi connectivity index (χ1) is 13.6. The molecule has 0 saturated carbocycles. The fourth-order valence-corrected chi connectivity index (χ4v) is 2.96. The minimum atomic E-state index is -0.197. The third-order valence-electron chi connectivity index (χ3n) is 4.50. The zero-order valence-corrected chi connectivity index (χ0v) is 16.4. The van der Waals surface area contributed by atoms with Gasteiger partial charge in [0, 0.05) is 12.6 Å². The Morgan fingerprint density at radius 1 is 1.07 bits per heavy atom. The Bertz CT molecular complexity index is 973. The van der Waals surface area contributed by atoms with Crippen LogP contribution in [0, 0.1) is 0 Å². The van der Waals surface area contributed by atoms with Crippen LogP contribution in [-0.2, 0) is 6.54 Å². The summed E-state index contributed by atoms with van der Waals surface area (Å²) in [5.41, 5.74) is 0.380. The van der Waals surface area contributed by atoms with Gasteiger partial charge in [0.15, 0.2) is 11.5 Å². The summed E-state index contributed by atoms with van der Waals surface area (Å²) in [7, 11) is 3.10. The Morgan fingerprint density at radius 3 is 2.46 bits per heavy atom. The fraction of sp³-hybridized carbons (Fsp3) is 0.333. The van der Waals surface area contributed by atoms with Gasteiger partial charge in [-0.3, -0.25) is 9.69 Å². The minimum Gasteiger partial charge on any atom is -0.493 e. The van der Waals surface area contributed by atoms with Gasteiger partial charge in [-0.05, 0) is 24.7 Å². The van der Waals surface area contributed by atoms with E-state index < -0.39 is 0 Å². The molecule has 0 unspecified atom stereocenters. The van der Waals surface area contributed by atoms with Crippen LogP contribution in [0.5, 0.6) is 17.2 Å². The number of H-pyrrole nitrogens is 1. The van der Waals surface area contributed by atoms with Gasteiger partial charge in [-0.15, -0.1) is 0 Å². The van der Waals surface area contributed by atoms with Crippen LogP contribution in [0.15, 0.2) is 47.3 Å². The summed E-state index contributed by atoms with van der Waals surface area (Å²) in [5.74, 6) is 2.49. The van der Waals surface area contributed by atoms with Crippen molar-refractivity contribution in [3.05, 3.63) is 58.6 Å². The van der Waals surface area contributed by atoms with Gasteiger partial charge in [0.2, 0.25) is 0 Å². The zero-order valence-electron chi connectivity index (χ0n) is 16.4. The van der Waals surface area contributed by atoms with Crippen molar-refractivity contribution < 1.29 is 14.2 Å². The lowest BCUT2D eigenvalue weighted by Crippen LogP contribution is -2.29. The van der Waals surface area contributed by atoms with Crippen LogP contribution in [0.1, 0.15) is 12.7 Å². The van der Waals surface area contributed by atoms with Crippen LogP contribution >= 0.6 is 0 Å². The maximum atomic E-state index is 12.5. The lowest BCUT2D eigenvalue weighted by atomic mass is 10.2. The van der Waals surface area contributed by atoms with E-state index in [1.54, 1.807) is 19.2 Å². The Morgan fingerprint density at radius 2 is 1.79 bits per heavy atom. The predicted molar refractivity (Wildman–Crippen MR) is 108 cm³/mol. The molecule has 0 amide bonds. The molecule has 1 aromatic heterocycles. The van der Waals surface area contributed by atoms with Crippen molar-refractivity contribution in [1.82, 2.24) is 14.9 Å². The molecule has 2 aromatic carbocycles. The molecule has 0 bridgehead atoms. The Hall–Kier alpha value is -3.06. The largest absolute Gasteiger partial charge is 0.493 e. The van der Waals surface area contributed by atoms with Crippen LogP contribution < -0.4 is 19.8 Å². The number of rotatable bonds is 9. The van der Waals surface area contributed by atoms with Crippen LogP contribution in [0.4, 0.5) is 0 Å². The van der Waals surface area contributed by atoms with E-state index in [0.717, 1.165) is 18.8 Å². The molecule has 3 aromatic rings. The SMILES string of the molecule is CCN(CCOc1ccccc1)Cc1nc2cc(OC)c(OC)cc2c(=O)[nH]1. The highest BCUT2D eigenvalue weighted by molar-refractivity contribution is 5.81. The summed E-state index contributed by atoms with van der Waals surface area (Å²) < 4.78 is 16.3. The summed E-state index contributed by atoms with van der Waals surface area (Å²) >= 11 is 0. The molecule has 0 spiro atoms. The number of hydrogen-bond acceptors (Lipinski definition) is 6. The summed E-state index contributed by atoms with van der Waals surface area (Å²) in [4.78, 5) is 22.1. The number of para-hydroxylation sites is 1. The number of benzene rings is 2.